The number of hydrogen-bond donors (Lipinski definition) is 3. The number of nitrogens with one attached hydrogen (secondary N) is 1. The number of aliphatic hydroxyl groups excluding tert-OH is 1. The lowest BCUT2D eigenvalue weighted by atomic mass is 10.2. The lowest BCUT2D eigenvalue weighted by Crippen LogP contribution is -2.27. The van der Waals surface area contributed by atoms with Gasteiger partial charge in [-0.15, -0.1) is 0 Å². The number of carbonyl (C=O) groups is 2. The van der Waals surface area contributed by atoms with Gasteiger partial charge in [0.05, 0.1) is 19.8 Å². The van der Waals surface area contributed by atoms with E-state index in [2.05, 4.69) is 5.32 Å². The van der Waals surface area contributed by atoms with Gasteiger partial charge < -0.3 is 20.3 Å². The Kier molecular flexibility index (Phi) is 8.70. The highest BCUT2D eigenvalue weighted by Gasteiger charge is 2.02. The second-order valence-corrected chi connectivity index (χ2v) is 2.93. The Hall–Kier alpha value is -1.14. The van der Waals surface area contributed by atoms with E-state index in [4.69, 9.17) is 14.9 Å². The van der Waals surface area contributed by atoms with E-state index in [0.29, 0.717) is 19.6 Å². The van der Waals surface area contributed by atoms with Gasteiger partial charge in [0.25, 0.3) is 0 Å². The van der Waals surface area contributed by atoms with Gasteiger partial charge in [-0.25, -0.2) is 0 Å². The molecular formula is C9H17NO5. The fourth-order valence-electron chi connectivity index (χ4n) is 0.918. The monoisotopic (exact) mass is 219 g/mol. The third-order valence-electron chi connectivity index (χ3n) is 1.60. The van der Waals surface area contributed by atoms with Crippen LogP contribution < -0.4 is 5.32 Å². The zero-order valence-corrected chi connectivity index (χ0v) is 8.57. The molecule has 6 heteroatoms. The summed E-state index contributed by atoms with van der Waals surface area (Å²) in [5.74, 6) is -1.07. The summed E-state index contributed by atoms with van der Waals surface area (Å²) in [6, 6.07) is 0. The number of carbonyl (C=O) groups excluding carboxylic acids is 1. The number of ether oxygens (including phenoxy) is 1. The van der Waals surface area contributed by atoms with Crippen molar-refractivity contribution in [1.82, 2.24) is 5.32 Å². The summed E-state index contributed by atoms with van der Waals surface area (Å²) in [5.41, 5.74) is 0. The van der Waals surface area contributed by atoms with Crippen LogP contribution in [0.2, 0.25) is 0 Å². The Morgan fingerprint density at radius 2 is 1.93 bits per heavy atom. The second kappa shape index (κ2) is 9.42. The fraction of sp³-hybridized carbons (Fsp3) is 0.778. The Morgan fingerprint density at radius 1 is 1.20 bits per heavy atom. The molecule has 0 rings (SSSR count). The maximum Gasteiger partial charge on any atom is 0.303 e. The first-order valence-electron chi connectivity index (χ1n) is 4.84. The smallest absolute Gasteiger partial charge is 0.303 e. The predicted molar refractivity (Wildman–Crippen MR) is 52.4 cm³/mol. The topological polar surface area (TPSA) is 95.9 Å². The van der Waals surface area contributed by atoms with Crippen LogP contribution in [0.1, 0.15) is 19.3 Å². The van der Waals surface area contributed by atoms with Gasteiger partial charge in [0.1, 0.15) is 0 Å². The van der Waals surface area contributed by atoms with Crippen LogP contribution in [0.4, 0.5) is 0 Å². The molecule has 0 spiro atoms. The van der Waals surface area contributed by atoms with Crippen LogP contribution in [0.5, 0.6) is 0 Å². The summed E-state index contributed by atoms with van der Waals surface area (Å²) in [6.45, 7) is 0.957. The van der Waals surface area contributed by atoms with E-state index in [1.807, 2.05) is 0 Å². The molecule has 3 N–H and O–H groups in total. The van der Waals surface area contributed by atoms with Crippen LogP contribution >= 0.6 is 0 Å². The number of aliphatic carboxylic acids is 1. The fourth-order valence-corrected chi connectivity index (χ4v) is 0.918. The van der Waals surface area contributed by atoms with E-state index >= 15 is 0 Å². The standard InChI is InChI=1S/C9H17NO5/c11-5-7-15-6-4-10-8(12)2-1-3-9(13)14/h11H,1-7H2,(H,10,12)(H,13,14). The van der Waals surface area contributed by atoms with Crippen molar-refractivity contribution in [1.29, 1.82) is 0 Å². The summed E-state index contributed by atoms with van der Waals surface area (Å²) in [6.07, 6.45) is 0.569. The second-order valence-electron chi connectivity index (χ2n) is 2.93. The quantitative estimate of drug-likeness (QED) is 0.448. The molecule has 0 saturated carbocycles. The summed E-state index contributed by atoms with van der Waals surface area (Å²) < 4.78 is 4.92. The number of carboxylic acid groups (broad SMARTS) is 1. The summed E-state index contributed by atoms with van der Waals surface area (Å²) in [7, 11) is 0. The maximum atomic E-state index is 11.0. The lowest BCUT2D eigenvalue weighted by Gasteiger charge is -2.04. The van der Waals surface area contributed by atoms with Crippen molar-refractivity contribution in [2.75, 3.05) is 26.4 Å². The minimum atomic E-state index is -0.894. The summed E-state index contributed by atoms with van der Waals surface area (Å²) in [5, 5.41) is 19.3. The van der Waals surface area contributed by atoms with Gasteiger partial charge in [-0.3, -0.25) is 9.59 Å². The van der Waals surface area contributed by atoms with Crippen molar-refractivity contribution in [3.8, 4) is 0 Å². The molecule has 0 bridgehead atoms. The third kappa shape index (κ3) is 10.8. The van der Waals surface area contributed by atoms with Gasteiger partial charge in [0.2, 0.25) is 5.91 Å². The van der Waals surface area contributed by atoms with Crippen molar-refractivity contribution in [3.63, 3.8) is 0 Å². The highest BCUT2D eigenvalue weighted by molar-refractivity contribution is 5.76. The van der Waals surface area contributed by atoms with Crippen LogP contribution in [0.3, 0.4) is 0 Å². The maximum absolute atomic E-state index is 11.0. The van der Waals surface area contributed by atoms with E-state index < -0.39 is 5.97 Å². The minimum absolute atomic E-state index is 0.00837. The normalized spacial score (nSPS) is 9.93. The zero-order chi connectivity index (χ0) is 11.5. The van der Waals surface area contributed by atoms with Gasteiger partial charge in [-0.05, 0) is 6.42 Å². The molecule has 0 aromatic carbocycles. The van der Waals surface area contributed by atoms with E-state index in [1.54, 1.807) is 0 Å². The van der Waals surface area contributed by atoms with Crippen molar-refractivity contribution in [2.24, 2.45) is 0 Å². The number of amides is 1. The molecule has 0 aliphatic carbocycles. The number of aliphatic hydroxyl groups is 1. The van der Waals surface area contributed by atoms with Gasteiger partial charge in [0, 0.05) is 19.4 Å². The molecular weight excluding hydrogens is 202 g/mol. The molecule has 0 saturated heterocycles. The molecule has 0 heterocycles. The molecule has 0 atom stereocenters. The number of hydrogen-bond acceptors (Lipinski definition) is 4. The van der Waals surface area contributed by atoms with Crippen molar-refractivity contribution in [2.45, 2.75) is 19.3 Å². The Labute approximate surface area is 88.2 Å². The average Bonchev–Trinajstić information content (AvgIpc) is 2.17. The largest absolute Gasteiger partial charge is 0.481 e. The molecule has 0 aliphatic rings. The summed E-state index contributed by atoms with van der Waals surface area (Å²) >= 11 is 0. The molecule has 0 aromatic heterocycles. The van der Waals surface area contributed by atoms with Crippen LogP contribution in [0.25, 0.3) is 0 Å². The molecule has 0 aliphatic heterocycles. The van der Waals surface area contributed by atoms with Crippen LogP contribution in [0.15, 0.2) is 0 Å². The minimum Gasteiger partial charge on any atom is -0.481 e. The predicted octanol–water partition coefficient (Wildman–Crippen LogP) is -0.634. The molecule has 88 valence electrons. The number of carboxylic acids is 1. The Balaban J connectivity index is 3.22. The molecule has 6 nitrogen and oxygen atoms in total. The van der Waals surface area contributed by atoms with Crippen molar-refractivity contribution in [3.05, 3.63) is 0 Å². The molecule has 0 fully saturated rings. The third-order valence-corrected chi connectivity index (χ3v) is 1.60. The highest BCUT2D eigenvalue weighted by Crippen LogP contribution is 1.94. The lowest BCUT2D eigenvalue weighted by molar-refractivity contribution is -0.137. The highest BCUT2D eigenvalue weighted by atomic mass is 16.5. The van der Waals surface area contributed by atoms with Crippen LogP contribution in [-0.2, 0) is 14.3 Å². The number of rotatable bonds is 9. The molecule has 0 radical (unpaired) electrons. The molecule has 0 unspecified atom stereocenters. The van der Waals surface area contributed by atoms with Crippen LogP contribution in [-0.4, -0.2) is 48.5 Å². The zero-order valence-electron chi connectivity index (χ0n) is 8.57. The average molecular weight is 219 g/mol. The Morgan fingerprint density at radius 3 is 2.53 bits per heavy atom. The van der Waals surface area contributed by atoms with Crippen LogP contribution in [0, 0.1) is 0 Å². The first-order chi connectivity index (χ1) is 7.16. The molecule has 15 heavy (non-hydrogen) atoms. The van der Waals surface area contributed by atoms with Gasteiger partial charge in [-0.2, -0.15) is 0 Å². The van der Waals surface area contributed by atoms with Gasteiger partial charge in [0.15, 0.2) is 0 Å². The van der Waals surface area contributed by atoms with E-state index in [9.17, 15) is 9.59 Å². The van der Waals surface area contributed by atoms with Gasteiger partial charge >= 0.3 is 5.97 Å². The first-order valence-corrected chi connectivity index (χ1v) is 4.84. The Bertz CT molecular complexity index is 195. The van der Waals surface area contributed by atoms with Crippen molar-refractivity contribution < 1.29 is 24.5 Å². The molecule has 0 aromatic rings. The van der Waals surface area contributed by atoms with E-state index in [-0.39, 0.29) is 32.0 Å². The van der Waals surface area contributed by atoms with Crippen molar-refractivity contribution >= 4 is 11.9 Å². The first kappa shape index (κ1) is 13.9. The summed E-state index contributed by atoms with van der Waals surface area (Å²) in [4.78, 5) is 21.2. The molecule has 1 amide bonds. The van der Waals surface area contributed by atoms with Gasteiger partial charge in [-0.1, -0.05) is 0 Å². The van der Waals surface area contributed by atoms with E-state index in [1.165, 1.54) is 0 Å². The van der Waals surface area contributed by atoms with E-state index in [0.717, 1.165) is 0 Å². The SMILES string of the molecule is O=C(O)CCCC(=O)NCCOCCO.